The average molecular weight is 1200 g/mol. The maximum Gasteiger partial charge on any atom is 0.343 e. The van der Waals surface area contributed by atoms with Gasteiger partial charge in [-0.2, -0.15) is 19.9 Å². The molecule has 1 amide bonds. The molecule has 0 aliphatic carbocycles. The number of rotatable bonds is 27. The van der Waals surface area contributed by atoms with Crippen LogP contribution < -0.4 is 34.0 Å². The molecule has 0 spiro atoms. The Morgan fingerprint density at radius 3 is 1.49 bits per heavy atom. The maximum absolute atomic E-state index is 12.6. The molecular formula is C53H78N14O10P2S2. The minimum absolute atomic E-state index is 0. The zero-order chi connectivity index (χ0) is 57.3. The first-order valence-electron chi connectivity index (χ1n) is 24.4. The molecule has 24 nitrogen and oxygen atoms in total. The number of fused-ring (bicyclic) bond motifs is 2. The molecule has 28 heteroatoms. The molecule has 81 heavy (non-hydrogen) atoms. The number of carbonyl (C=O) groups is 2. The fraction of sp³-hybridized carbons (Fsp3) is 0.434. The van der Waals surface area contributed by atoms with Crippen molar-refractivity contribution in [2.24, 2.45) is 5.73 Å². The third kappa shape index (κ3) is 23.4. The van der Waals surface area contributed by atoms with Crippen LogP contribution in [-0.4, -0.2) is 123 Å². The Bertz CT molecular complexity index is 3130. The molecule has 6 aromatic rings. The number of nitrogens with two attached hydrogens (primary N) is 5. The standard InChI is InChI=1S/C25H32N7O5PS.C18H16N6O2.C7H18NO3PS.3CH4/c1-4-7-19(14-20-15-29-23-21(30-20)22(26)31-25(27)32-23)17-8-10-18(11-9-17)24(33)28-12-13-39(35)16-38(34,36-5-2)37-6-3;1-2-3-12(10-4-6-11(7-5-10)17(25)26)8-13-9-21-16-14(22-13)15(19)23-18(20)24-16;1-3-10-12(9,11-4-2)7-13-6-5-8;;;/h1,8-11,15,19H,5-7,12-14,16H2,2-3H3,(H,28,33)(H4,26,27,29,31,32);1,4-7,9,12H,3,8H2,(H,25,26)(H4,19,20,21,23,24);3-8H2,1-2H3;3*1H4. The molecule has 0 saturated heterocycles. The highest BCUT2D eigenvalue weighted by Gasteiger charge is 2.27. The van der Waals surface area contributed by atoms with Gasteiger partial charge in [-0.1, -0.05) is 46.5 Å². The van der Waals surface area contributed by atoms with Crippen LogP contribution in [0.5, 0.6) is 0 Å². The average Bonchev–Trinajstić information content (AvgIpc) is 3.39. The van der Waals surface area contributed by atoms with Gasteiger partial charge >= 0.3 is 21.2 Å². The van der Waals surface area contributed by atoms with Crippen molar-refractivity contribution in [3.05, 3.63) is 94.6 Å². The van der Waals surface area contributed by atoms with Crippen LogP contribution in [0, 0.1) is 24.7 Å². The van der Waals surface area contributed by atoms with Gasteiger partial charge in [0.05, 0.1) is 61.3 Å². The normalized spacial score (nSPS) is 12.0. The smallest absolute Gasteiger partial charge is 0.343 e. The first-order chi connectivity index (χ1) is 37.3. The number of nitrogens with zero attached hydrogens (tertiary/aromatic N) is 8. The third-order valence-electron chi connectivity index (χ3n) is 10.6. The molecule has 3 atom stereocenters. The second-order valence-corrected chi connectivity index (χ2v) is 24.1. The SMILES string of the molecule is C.C.C.C#CCC(Cc1cnc2nc(N)nc(N)c2n1)c1ccc(C(=O)NCCS(=O)CP(=O)(OCC)OCC)cc1.C#CCC(Cc1cnc2nc(N)nc(N)c2n1)c1ccc(C(=O)O)cc1.CCOP(=O)(CSCCN)OCC. The molecule has 6 rings (SSSR count). The Morgan fingerprint density at radius 2 is 1.10 bits per heavy atom. The lowest BCUT2D eigenvalue weighted by Gasteiger charge is -2.16. The molecule has 4 aromatic heterocycles. The summed E-state index contributed by atoms with van der Waals surface area (Å²) in [6.07, 6.45) is 16.2. The van der Waals surface area contributed by atoms with E-state index < -0.39 is 32.0 Å². The molecule has 4 heterocycles. The number of nitrogens with one attached hydrogen (secondary N) is 1. The van der Waals surface area contributed by atoms with E-state index in [4.69, 9.17) is 64.7 Å². The van der Waals surface area contributed by atoms with E-state index in [1.165, 1.54) is 11.8 Å². The zero-order valence-electron chi connectivity index (χ0n) is 43.8. The fourth-order valence-corrected chi connectivity index (χ4v) is 14.0. The highest BCUT2D eigenvalue weighted by molar-refractivity contribution is 8.04. The molecule has 0 radical (unpaired) electrons. The first-order valence-corrected chi connectivity index (χ1v) is 30.5. The van der Waals surface area contributed by atoms with Crippen molar-refractivity contribution in [3.8, 4) is 24.7 Å². The van der Waals surface area contributed by atoms with Crippen LogP contribution in [0.15, 0.2) is 60.9 Å². The number of hydrogen-bond donors (Lipinski definition) is 7. The Labute approximate surface area is 482 Å². The number of carbonyl (C=O) groups excluding carboxylic acids is 1. The maximum atomic E-state index is 12.6. The second kappa shape index (κ2) is 36.6. The Kier molecular flexibility index (Phi) is 32.7. The van der Waals surface area contributed by atoms with Crippen LogP contribution in [0.2, 0.25) is 0 Å². The van der Waals surface area contributed by atoms with Gasteiger partial charge in [-0.15, -0.1) is 36.4 Å². The van der Waals surface area contributed by atoms with E-state index in [1.54, 1.807) is 76.5 Å². The van der Waals surface area contributed by atoms with E-state index in [9.17, 15) is 22.9 Å². The number of amides is 1. The van der Waals surface area contributed by atoms with Crippen molar-refractivity contribution < 1.29 is 46.1 Å². The van der Waals surface area contributed by atoms with Crippen LogP contribution in [-0.2, 0) is 50.9 Å². The summed E-state index contributed by atoms with van der Waals surface area (Å²) in [5, 5.41) is 11.7. The van der Waals surface area contributed by atoms with Crippen molar-refractivity contribution in [2.45, 2.75) is 87.5 Å². The van der Waals surface area contributed by atoms with Crippen molar-refractivity contribution in [3.63, 3.8) is 0 Å². The summed E-state index contributed by atoms with van der Waals surface area (Å²) in [4.78, 5) is 57.0. The number of anilines is 4. The predicted octanol–water partition coefficient (Wildman–Crippen LogP) is 8.08. The van der Waals surface area contributed by atoms with Crippen LogP contribution in [0.1, 0.15) is 118 Å². The predicted molar refractivity (Wildman–Crippen MR) is 326 cm³/mol. The van der Waals surface area contributed by atoms with E-state index >= 15 is 0 Å². The zero-order valence-corrected chi connectivity index (χ0v) is 47.2. The Hall–Kier alpha value is -6.70. The summed E-state index contributed by atoms with van der Waals surface area (Å²) in [6, 6.07) is 13.7. The van der Waals surface area contributed by atoms with Crippen LogP contribution in [0.3, 0.4) is 0 Å². The lowest BCUT2D eigenvalue weighted by molar-refractivity contribution is 0.0696. The third-order valence-corrected chi connectivity index (χ3v) is 18.8. The van der Waals surface area contributed by atoms with Crippen molar-refractivity contribution in [1.29, 1.82) is 0 Å². The molecule has 0 aliphatic heterocycles. The number of carboxylic acid groups (broad SMARTS) is 1. The molecule has 12 N–H and O–H groups in total. The van der Waals surface area contributed by atoms with E-state index in [0.717, 1.165) is 16.9 Å². The molecule has 0 aliphatic rings. The number of hydrogen-bond acceptors (Lipinski definition) is 23. The summed E-state index contributed by atoms with van der Waals surface area (Å²) < 4.78 is 57.2. The van der Waals surface area contributed by atoms with Gasteiger partial charge in [0.15, 0.2) is 34.0 Å². The number of aromatic carboxylic acids is 1. The minimum atomic E-state index is -3.41. The first kappa shape index (κ1) is 72.3. The van der Waals surface area contributed by atoms with Gasteiger partial charge in [0.1, 0.15) is 5.49 Å². The van der Waals surface area contributed by atoms with Gasteiger partial charge < -0.3 is 57.2 Å². The van der Waals surface area contributed by atoms with E-state index in [0.29, 0.717) is 90.2 Å². The molecule has 0 saturated carbocycles. The van der Waals surface area contributed by atoms with E-state index in [1.807, 2.05) is 12.1 Å². The van der Waals surface area contributed by atoms with Gasteiger partial charge in [0.2, 0.25) is 11.9 Å². The highest BCUT2D eigenvalue weighted by Crippen LogP contribution is 2.51. The lowest BCUT2D eigenvalue weighted by atomic mass is 9.91. The quantitative estimate of drug-likeness (QED) is 0.0145. The molecular weight excluding hydrogens is 1120 g/mol. The number of aromatic nitrogens is 8. The number of carboxylic acids is 1. The largest absolute Gasteiger partial charge is 0.478 e. The number of terminal acetylenes is 2. The Balaban J connectivity index is 0.000000673. The van der Waals surface area contributed by atoms with E-state index in [2.05, 4.69) is 57.0 Å². The van der Waals surface area contributed by atoms with Gasteiger partial charge in [-0.3, -0.25) is 18.1 Å². The van der Waals surface area contributed by atoms with Gasteiger partial charge in [-0.25, -0.2) is 24.7 Å². The molecule has 0 bridgehead atoms. The van der Waals surface area contributed by atoms with Crippen LogP contribution in [0.4, 0.5) is 23.5 Å². The van der Waals surface area contributed by atoms with Crippen molar-refractivity contribution in [1.82, 2.24) is 45.2 Å². The summed E-state index contributed by atoms with van der Waals surface area (Å²) in [7, 11) is -7.74. The summed E-state index contributed by atoms with van der Waals surface area (Å²) in [5.41, 5.74) is 33.7. The van der Waals surface area contributed by atoms with Gasteiger partial charge in [0.25, 0.3) is 5.91 Å². The van der Waals surface area contributed by atoms with Crippen LogP contribution >= 0.6 is 27.0 Å². The monoisotopic (exact) mass is 1200 g/mol. The van der Waals surface area contributed by atoms with Gasteiger partial charge in [-0.05, 0) is 75.9 Å². The van der Waals surface area contributed by atoms with Crippen molar-refractivity contribution >= 4 is 95.5 Å². The number of benzene rings is 2. The molecule has 0 fully saturated rings. The van der Waals surface area contributed by atoms with E-state index in [-0.39, 0.29) is 100 Å². The fourth-order valence-electron chi connectivity index (χ4n) is 7.26. The van der Waals surface area contributed by atoms with Gasteiger partial charge in [0, 0.05) is 65.6 Å². The second-order valence-electron chi connectivity index (χ2n) is 16.4. The van der Waals surface area contributed by atoms with Crippen LogP contribution in [0.25, 0.3) is 22.3 Å². The minimum Gasteiger partial charge on any atom is -0.478 e. The highest BCUT2D eigenvalue weighted by atomic mass is 32.2. The van der Waals surface area contributed by atoms with Crippen molar-refractivity contribution in [2.75, 3.05) is 84.9 Å². The summed E-state index contributed by atoms with van der Waals surface area (Å²) in [5.74, 6) is 5.22. The Morgan fingerprint density at radius 1 is 0.679 bits per heavy atom. The topological polar surface area (TPSA) is 388 Å². The summed E-state index contributed by atoms with van der Waals surface area (Å²) >= 11 is 1.50. The molecule has 2 aromatic carbocycles. The number of nitrogen functional groups attached to an aromatic ring is 4. The summed E-state index contributed by atoms with van der Waals surface area (Å²) in [6.45, 7) is 8.94. The number of thioether (sulfide) groups is 1. The lowest BCUT2D eigenvalue weighted by Crippen LogP contribution is -2.28. The molecule has 442 valence electrons. The molecule has 3 unspecified atom stereocenters.